The summed E-state index contributed by atoms with van der Waals surface area (Å²) in [5.74, 6) is 0.226. The van der Waals surface area contributed by atoms with E-state index < -0.39 is 0 Å². The van der Waals surface area contributed by atoms with Crippen molar-refractivity contribution < 1.29 is 9.59 Å². The number of hydrogen-bond acceptors (Lipinski definition) is 3. The molecule has 0 radical (unpaired) electrons. The average molecular weight is 409 g/mol. The first-order valence-corrected chi connectivity index (χ1v) is 10.6. The Bertz CT molecular complexity index is 838. The SMILES string of the molecule is CN(C)C(CNC(=O)NCc1cccc(CN2CCCC2=O)c1)Cc1ccccc1. The van der Waals surface area contributed by atoms with E-state index in [1.54, 1.807) is 0 Å². The minimum absolute atomic E-state index is 0.171. The summed E-state index contributed by atoms with van der Waals surface area (Å²) in [5.41, 5.74) is 3.38. The summed E-state index contributed by atoms with van der Waals surface area (Å²) < 4.78 is 0. The number of benzene rings is 2. The Morgan fingerprint density at radius 2 is 1.77 bits per heavy atom. The van der Waals surface area contributed by atoms with Crippen molar-refractivity contribution in [2.24, 2.45) is 0 Å². The van der Waals surface area contributed by atoms with Crippen molar-refractivity contribution in [1.82, 2.24) is 20.4 Å². The average Bonchev–Trinajstić information content (AvgIpc) is 3.14. The maximum absolute atomic E-state index is 12.3. The lowest BCUT2D eigenvalue weighted by Gasteiger charge is -2.25. The second kappa shape index (κ2) is 10.8. The van der Waals surface area contributed by atoms with E-state index in [1.165, 1.54) is 5.56 Å². The number of amides is 3. The van der Waals surface area contributed by atoms with Gasteiger partial charge in [0.25, 0.3) is 0 Å². The highest BCUT2D eigenvalue weighted by Crippen LogP contribution is 2.15. The van der Waals surface area contributed by atoms with Crippen molar-refractivity contribution in [1.29, 1.82) is 0 Å². The van der Waals surface area contributed by atoms with Crippen LogP contribution in [0.4, 0.5) is 4.79 Å². The van der Waals surface area contributed by atoms with E-state index in [-0.39, 0.29) is 18.0 Å². The molecule has 3 rings (SSSR count). The molecule has 1 aliphatic heterocycles. The molecule has 6 heteroatoms. The number of likely N-dealkylation sites (tertiary alicyclic amines) is 1. The summed E-state index contributed by atoms with van der Waals surface area (Å²) >= 11 is 0. The van der Waals surface area contributed by atoms with Crippen LogP contribution in [0.2, 0.25) is 0 Å². The Hall–Kier alpha value is -2.86. The number of nitrogens with one attached hydrogen (secondary N) is 2. The number of nitrogens with zero attached hydrogens (tertiary/aromatic N) is 2. The molecule has 1 fully saturated rings. The molecule has 6 nitrogen and oxygen atoms in total. The molecule has 2 N–H and O–H groups in total. The molecule has 1 unspecified atom stereocenters. The molecular weight excluding hydrogens is 376 g/mol. The topological polar surface area (TPSA) is 64.7 Å². The zero-order chi connectivity index (χ0) is 21.3. The predicted molar refractivity (Wildman–Crippen MR) is 119 cm³/mol. The smallest absolute Gasteiger partial charge is 0.315 e. The number of carbonyl (C=O) groups is 2. The van der Waals surface area contributed by atoms with Gasteiger partial charge in [0, 0.05) is 38.6 Å². The van der Waals surface area contributed by atoms with E-state index in [4.69, 9.17) is 0 Å². The highest BCUT2D eigenvalue weighted by molar-refractivity contribution is 5.78. The van der Waals surface area contributed by atoms with Crippen LogP contribution in [0.15, 0.2) is 54.6 Å². The van der Waals surface area contributed by atoms with Gasteiger partial charge in [-0.15, -0.1) is 0 Å². The van der Waals surface area contributed by atoms with Gasteiger partial charge in [-0.1, -0.05) is 54.6 Å². The third-order valence-electron chi connectivity index (χ3n) is 5.53. The largest absolute Gasteiger partial charge is 0.338 e. The van der Waals surface area contributed by atoms with Crippen LogP contribution in [0.1, 0.15) is 29.5 Å². The zero-order valence-electron chi connectivity index (χ0n) is 17.9. The maximum atomic E-state index is 12.3. The van der Waals surface area contributed by atoms with Gasteiger partial charge in [-0.25, -0.2) is 4.79 Å². The summed E-state index contributed by atoms with van der Waals surface area (Å²) in [5, 5.41) is 5.93. The molecule has 1 heterocycles. The normalized spacial score (nSPS) is 14.8. The Morgan fingerprint density at radius 3 is 2.47 bits per heavy atom. The molecule has 1 atom stereocenters. The lowest BCUT2D eigenvalue weighted by molar-refractivity contribution is -0.128. The van der Waals surface area contributed by atoms with E-state index in [9.17, 15) is 9.59 Å². The summed E-state index contributed by atoms with van der Waals surface area (Å²) in [7, 11) is 4.06. The van der Waals surface area contributed by atoms with Gasteiger partial charge < -0.3 is 20.4 Å². The van der Waals surface area contributed by atoms with Crippen LogP contribution in [-0.4, -0.2) is 55.0 Å². The van der Waals surface area contributed by atoms with E-state index in [2.05, 4.69) is 33.7 Å². The van der Waals surface area contributed by atoms with Crippen molar-refractivity contribution in [3.8, 4) is 0 Å². The second-order valence-corrected chi connectivity index (χ2v) is 8.11. The van der Waals surface area contributed by atoms with Crippen LogP contribution in [-0.2, 0) is 24.3 Å². The predicted octanol–water partition coefficient (Wildman–Crippen LogP) is 2.78. The maximum Gasteiger partial charge on any atom is 0.315 e. The first-order chi connectivity index (χ1) is 14.5. The molecule has 1 aliphatic rings. The van der Waals surface area contributed by atoms with Crippen LogP contribution in [0.5, 0.6) is 0 Å². The van der Waals surface area contributed by atoms with Crippen LogP contribution in [0.25, 0.3) is 0 Å². The fourth-order valence-electron chi connectivity index (χ4n) is 3.71. The lowest BCUT2D eigenvalue weighted by Crippen LogP contribution is -2.44. The van der Waals surface area contributed by atoms with Crippen molar-refractivity contribution in [2.45, 2.75) is 38.4 Å². The lowest BCUT2D eigenvalue weighted by atomic mass is 10.1. The third-order valence-corrected chi connectivity index (χ3v) is 5.53. The first-order valence-electron chi connectivity index (χ1n) is 10.6. The number of carbonyl (C=O) groups excluding carboxylic acids is 2. The van der Waals surface area contributed by atoms with Crippen molar-refractivity contribution in [3.05, 3.63) is 71.3 Å². The molecule has 0 aliphatic carbocycles. The second-order valence-electron chi connectivity index (χ2n) is 8.11. The van der Waals surface area contributed by atoms with Crippen molar-refractivity contribution in [2.75, 3.05) is 27.2 Å². The number of hydrogen-bond donors (Lipinski definition) is 2. The monoisotopic (exact) mass is 408 g/mol. The number of rotatable bonds is 9. The third kappa shape index (κ3) is 6.59. The summed E-state index contributed by atoms with van der Waals surface area (Å²) in [6.07, 6.45) is 2.48. The van der Waals surface area contributed by atoms with E-state index in [1.807, 2.05) is 55.4 Å². The minimum Gasteiger partial charge on any atom is -0.338 e. The van der Waals surface area contributed by atoms with Gasteiger partial charge in [0.2, 0.25) is 5.91 Å². The van der Waals surface area contributed by atoms with Crippen LogP contribution in [0, 0.1) is 0 Å². The molecule has 160 valence electrons. The van der Waals surface area contributed by atoms with Gasteiger partial charge in [-0.3, -0.25) is 4.79 Å². The van der Waals surface area contributed by atoms with Gasteiger partial charge in [0.15, 0.2) is 0 Å². The number of urea groups is 1. The van der Waals surface area contributed by atoms with E-state index >= 15 is 0 Å². The van der Waals surface area contributed by atoms with E-state index in [0.717, 1.165) is 30.5 Å². The van der Waals surface area contributed by atoms with Crippen LogP contribution in [0.3, 0.4) is 0 Å². The number of likely N-dealkylation sites (N-methyl/N-ethyl adjacent to an activating group) is 1. The van der Waals surface area contributed by atoms with Gasteiger partial charge in [0.05, 0.1) is 0 Å². The molecule has 0 bridgehead atoms. The Kier molecular flexibility index (Phi) is 7.85. The highest BCUT2D eigenvalue weighted by Gasteiger charge is 2.20. The first kappa shape index (κ1) is 21.8. The summed E-state index contributed by atoms with van der Waals surface area (Å²) in [4.78, 5) is 28.2. The van der Waals surface area contributed by atoms with Crippen LogP contribution < -0.4 is 10.6 Å². The molecule has 0 aromatic heterocycles. The quantitative estimate of drug-likeness (QED) is 0.671. The molecule has 1 saturated heterocycles. The molecule has 0 spiro atoms. The zero-order valence-corrected chi connectivity index (χ0v) is 17.9. The minimum atomic E-state index is -0.171. The van der Waals surface area contributed by atoms with Gasteiger partial charge >= 0.3 is 6.03 Å². The standard InChI is InChI=1S/C24H32N4O2/c1-27(2)22(15-19-8-4-3-5-9-19)17-26-24(30)25-16-20-10-6-11-21(14-20)18-28-13-7-12-23(28)29/h3-6,8-11,14,22H,7,12-13,15-18H2,1-2H3,(H2,25,26,30). The highest BCUT2D eigenvalue weighted by atomic mass is 16.2. The Morgan fingerprint density at radius 1 is 1.03 bits per heavy atom. The Balaban J connectivity index is 1.45. The van der Waals surface area contributed by atoms with Gasteiger partial charge in [0.1, 0.15) is 0 Å². The molecule has 30 heavy (non-hydrogen) atoms. The fourth-order valence-corrected chi connectivity index (χ4v) is 3.71. The molecule has 3 amide bonds. The molecular formula is C24H32N4O2. The van der Waals surface area contributed by atoms with Gasteiger partial charge in [-0.05, 0) is 43.6 Å². The van der Waals surface area contributed by atoms with Crippen LogP contribution >= 0.6 is 0 Å². The summed E-state index contributed by atoms with van der Waals surface area (Å²) in [6.45, 7) is 2.51. The van der Waals surface area contributed by atoms with Gasteiger partial charge in [-0.2, -0.15) is 0 Å². The summed E-state index contributed by atoms with van der Waals surface area (Å²) in [6, 6.07) is 18.4. The Labute approximate surface area is 179 Å². The van der Waals surface area contributed by atoms with Crippen molar-refractivity contribution >= 4 is 11.9 Å². The molecule has 0 saturated carbocycles. The molecule has 2 aromatic carbocycles. The fraction of sp³-hybridized carbons (Fsp3) is 0.417. The van der Waals surface area contributed by atoms with E-state index in [0.29, 0.717) is 26.1 Å². The van der Waals surface area contributed by atoms with Crippen molar-refractivity contribution in [3.63, 3.8) is 0 Å². The molecule has 2 aromatic rings.